The van der Waals surface area contributed by atoms with E-state index in [-0.39, 0.29) is 36.6 Å². The Labute approximate surface area is 369 Å². The summed E-state index contributed by atoms with van der Waals surface area (Å²) < 4.78 is 28.3. The van der Waals surface area contributed by atoms with Gasteiger partial charge in [0.15, 0.2) is 11.8 Å². The fourth-order valence-corrected chi connectivity index (χ4v) is 7.47. The first kappa shape index (κ1) is 45.8. The molecule has 1 fully saturated rings. The zero-order valence-electron chi connectivity index (χ0n) is 36.5. The molecule has 0 radical (unpaired) electrons. The summed E-state index contributed by atoms with van der Waals surface area (Å²) in [4.78, 5) is 46.7. The summed E-state index contributed by atoms with van der Waals surface area (Å²) >= 11 is 0. The van der Waals surface area contributed by atoms with Crippen molar-refractivity contribution in [2.24, 2.45) is 11.8 Å². The summed E-state index contributed by atoms with van der Waals surface area (Å²) in [6.07, 6.45) is 2.36. The third kappa shape index (κ3) is 14.4. The molecule has 330 valence electrons. The Morgan fingerprint density at radius 1 is 0.714 bits per heavy atom. The molecule has 1 saturated heterocycles. The highest BCUT2D eigenvalue weighted by Crippen LogP contribution is 2.36. The third-order valence-electron chi connectivity index (χ3n) is 10.6. The summed E-state index contributed by atoms with van der Waals surface area (Å²) in [6.45, 7) is 9.61. The minimum atomic E-state index is -0.876. The Kier molecular flexibility index (Phi) is 16.7. The maximum atomic E-state index is 12.6. The molecule has 2 aromatic heterocycles. The van der Waals surface area contributed by atoms with Gasteiger partial charge in [-0.25, -0.2) is 14.8 Å². The van der Waals surface area contributed by atoms with E-state index in [4.69, 9.17) is 23.0 Å². The number of aliphatic carboxylic acids is 1. The first-order valence-corrected chi connectivity index (χ1v) is 21.5. The number of likely N-dealkylation sites (tertiary alicyclic amines) is 1. The lowest BCUT2D eigenvalue weighted by molar-refractivity contribution is -0.142. The highest BCUT2D eigenvalue weighted by Gasteiger charge is 2.38. The van der Waals surface area contributed by atoms with Crippen LogP contribution < -0.4 is 4.74 Å². The number of aryl methyl sites for hydroxylation is 2. The topological polar surface area (TPSA) is 154 Å². The molecular formula is C51H57N3O9. The third-order valence-corrected chi connectivity index (χ3v) is 10.6. The average Bonchev–Trinajstić information content (AvgIpc) is 3.96. The summed E-state index contributed by atoms with van der Waals surface area (Å²) in [5.74, 6) is 2.47. The Hall–Kier alpha value is -6.69. The van der Waals surface area contributed by atoms with E-state index in [0.717, 1.165) is 45.2 Å². The van der Waals surface area contributed by atoms with Crippen molar-refractivity contribution >= 4 is 18.0 Å². The number of ether oxygens (including phenoxy) is 3. The van der Waals surface area contributed by atoms with E-state index in [9.17, 15) is 19.5 Å². The maximum absolute atomic E-state index is 12.6. The normalized spacial score (nSPS) is 14.5. The lowest BCUT2D eigenvalue weighted by atomic mass is 9.87. The molecule has 2 atom stereocenters. The van der Waals surface area contributed by atoms with Crippen LogP contribution in [0.25, 0.3) is 0 Å². The van der Waals surface area contributed by atoms with Crippen molar-refractivity contribution in [2.75, 3.05) is 32.9 Å². The Balaban J connectivity index is 0.000000228. The number of carboxylic acids is 1. The predicted octanol–water partition coefficient (Wildman–Crippen LogP) is 9.38. The first-order chi connectivity index (χ1) is 30.5. The zero-order chi connectivity index (χ0) is 44.6. The van der Waals surface area contributed by atoms with Crippen molar-refractivity contribution in [3.63, 3.8) is 0 Å². The standard InChI is InChI=1S/C30H36N2O6.C21H21NO3/c1-20(2)19-37-30(35)32-17-24(16-29(33)34)26(18-32)23-10-7-11-25(15-23)36-13-12-27-21(3)38-28(31-27)14-22-8-5-4-6-9-22;1-16-19(22-20(25-16)14-17-8-4-2-5-9-17)12-13-24-21(23)15-18-10-6-3-7-11-18/h4-11,15,20,24,26H,12-14,16-19H2,1-3H3,(H,33,34);2-11H,12-15H2,1H3/t24-,26-;/m0./s1. The Morgan fingerprint density at radius 2 is 1.27 bits per heavy atom. The van der Waals surface area contributed by atoms with Gasteiger partial charge in [-0.2, -0.15) is 0 Å². The molecule has 4 aromatic carbocycles. The van der Waals surface area contributed by atoms with Gasteiger partial charge in [0.25, 0.3) is 0 Å². The Morgan fingerprint density at radius 3 is 1.83 bits per heavy atom. The molecule has 3 heterocycles. The molecule has 1 N–H and O–H groups in total. The number of nitrogens with zero attached hydrogens (tertiary/aromatic N) is 3. The van der Waals surface area contributed by atoms with Crippen molar-refractivity contribution in [1.29, 1.82) is 0 Å². The number of esters is 1. The van der Waals surface area contributed by atoms with Crippen molar-refractivity contribution in [1.82, 2.24) is 14.9 Å². The summed E-state index contributed by atoms with van der Waals surface area (Å²) in [6, 6.07) is 37.4. The van der Waals surface area contributed by atoms with Crippen LogP contribution in [-0.2, 0) is 51.2 Å². The Bertz CT molecular complexity index is 2360. The van der Waals surface area contributed by atoms with Gasteiger partial charge in [0.2, 0.25) is 0 Å². The monoisotopic (exact) mass is 855 g/mol. The second kappa shape index (κ2) is 23.0. The number of aromatic nitrogens is 2. The van der Waals surface area contributed by atoms with Crippen LogP contribution in [0.5, 0.6) is 5.75 Å². The second-order valence-corrected chi connectivity index (χ2v) is 16.2. The molecule has 7 rings (SSSR count). The van der Waals surface area contributed by atoms with E-state index in [0.29, 0.717) is 76.1 Å². The summed E-state index contributed by atoms with van der Waals surface area (Å²) in [5.41, 5.74) is 5.93. The quantitative estimate of drug-likeness (QED) is 0.0823. The van der Waals surface area contributed by atoms with E-state index < -0.39 is 12.1 Å². The number of hydrogen-bond acceptors (Lipinski definition) is 10. The lowest BCUT2D eigenvalue weighted by Gasteiger charge is -2.18. The highest BCUT2D eigenvalue weighted by atomic mass is 16.6. The van der Waals surface area contributed by atoms with Crippen LogP contribution >= 0.6 is 0 Å². The van der Waals surface area contributed by atoms with Gasteiger partial charge in [0.1, 0.15) is 17.3 Å². The average molecular weight is 856 g/mol. The van der Waals surface area contributed by atoms with Gasteiger partial charge in [-0.05, 0) is 60.1 Å². The molecule has 12 nitrogen and oxygen atoms in total. The van der Waals surface area contributed by atoms with Crippen molar-refractivity contribution < 1.29 is 42.5 Å². The van der Waals surface area contributed by atoms with Gasteiger partial charge in [0.05, 0.1) is 44.1 Å². The lowest BCUT2D eigenvalue weighted by Crippen LogP contribution is -2.30. The molecule has 0 spiro atoms. The molecule has 1 aliphatic heterocycles. The van der Waals surface area contributed by atoms with Crippen LogP contribution in [0.2, 0.25) is 0 Å². The molecule has 1 amide bonds. The van der Waals surface area contributed by atoms with Gasteiger partial charge in [-0.3, -0.25) is 9.59 Å². The van der Waals surface area contributed by atoms with Crippen LogP contribution in [-0.4, -0.2) is 70.9 Å². The van der Waals surface area contributed by atoms with E-state index >= 15 is 0 Å². The number of carbonyl (C=O) groups is 3. The number of amides is 1. The maximum Gasteiger partial charge on any atom is 0.409 e. The number of carboxylic acid groups (broad SMARTS) is 1. The van der Waals surface area contributed by atoms with Gasteiger partial charge < -0.3 is 33.1 Å². The molecular weight excluding hydrogens is 799 g/mol. The van der Waals surface area contributed by atoms with Crippen LogP contribution in [0.4, 0.5) is 4.79 Å². The molecule has 0 unspecified atom stereocenters. The van der Waals surface area contributed by atoms with E-state index in [1.807, 2.05) is 131 Å². The number of rotatable bonds is 18. The highest BCUT2D eigenvalue weighted by molar-refractivity contribution is 5.72. The number of oxazole rings is 2. The fraction of sp³-hybridized carbons (Fsp3) is 0.353. The van der Waals surface area contributed by atoms with Crippen LogP contribution in [0.15, 0.2) is 124 Å². The number of hydrogen-bond donors (Lipinski definition) is 1. The molecule has 0 aliphatic carbocycles. The minimum absolute atomic E-state index is 0.0134. The van der Waals surface area contributed by atoms with Crippen molar-refractivity contribution in [3.8, 4) is 5.75 Å². The molecule has 1 aliphatic rings. The van der Waals surface area contributed by atoms with Gasteiger partial charge in [0, 0.05) is 44.7 Å². The van der Waals surface area contributed by atoms with Crippen molar-refractivity contribution in [2.45, 2.75) is 72.1 Å². The van der Waals surface area contributed by atoms with E-state index in [1.54, 1.807) is 4.90 Å². The SMILES string of the molecule is Cc1oc(Cc2ccccc2)nc1CCOC(=O)Cc1ccccc1.Cc1oc(Cc2ccccc2)nc1CCOc1cccc([C@@H]2CN(C(=O)OCC(C)C)C[C@@H]2CC(=O)O)c1. The second-order valence-electron chi connectivity index (χ2n) is 16.2. The predicted molar refractivity (Wildman–Crippen MR) is 238 cm³/mol. The molecule has 0 saturated carbocycles. The summed E-state index contributed by atoms with van der Waals surface area (Å²) in [7, 11) is 0. The molecule has 12 heteroatoms. The fourth-order valence-electron chi connectivity index (χ4n) is 7.47. The van der Waals surface area contributed by atoms with Crippen LogP contribution in [0, 0.1) is 25.7 Å². The van der Waals surface area contributed by atoms with Crippen LogP contribution in [0.3, 0.4) is 0 Å². The number of benzene rings is 4. The molecule has 63 heavy (non-hydrogen) atoms. The van der Waals surface area contributed by atoms with Crippen LogP contribution in [0.1, 0.15) is 83.1 Å². The van der Waals surface area contributed by atoms with Gasteiger partial charge in [-0.1, -0.05) is 117 Å². The number of carbonyl (C=O) groups excluding carboxylic acids is 2. The summed E-state index contributed by atoms with van der Waals surface area (Å²) in [5, 5.41) is 9.45. The van der Waals surface area contributed by atoms with E-state index in [2.05, 4.69) is 22.1 Å². The smallest absolute Gasteiger partial charge is 0.409 e. The minimum Gasteiger partial charge on any atom is -0.493 e. The molecule has 0 bridgehead atoms. The first-order valence-electron chi connectivity index (χ1n) is 21.5. The zero-order valence-corrected chi connectivity index (χ0v) is 36.5. The van der Waals surface area contributed by atoms with E-state index in [1.165, 1.54) is 0 Å². The van der Waals surface area contributed by atoms with Gasteiger partial charge >= 0.3 is 18.0 Å². The molecule has 6 aromatic rings. The largest absolute Gasteiger partial charge is 0.493 e. The van der Waals surface area contributed by atoms with Gasteiger partial charge in [-0.15, -0.1) is 0 Å². The van der Waals surface area contributed by atoms with Crippen molar-refractivity contribution in [3.05, 3.63) is 172 Å².